The monoisotopic (exact) mass is 402 g/mol. The maximum absolute atomic E-state index is 13.7. The lowest BCUT2D eigenvalue weighted by Gasteiger charge is -2.20. The van der Waals surface area contributed by atoms with E-state index in [4.69, 9.17) is 14.2 Å². The molecule has 29 heavy (non-hydrogen) atoms. The van der Waals surface area contributed by atoms with Gasteiger partial charge in [-0.15, -0.1) is 0 Å². The largest absolute Gasteiger partial charge is 0.493 e. The van der Waals surface area contributed by atoms with E-state index in [2.05, 4.69) is 5.32 Å². The number of hydrogen-bond donors (Lipinski definition) is 1. The Hall–Kier alpha value is -3.29. The number of carbonyl (C=O) groups excluding carboxylic acids is 2. The summed E-state index contributed by atoms with van der Waals surface area (Å²) >= 11 is 0. The molecule has 2 aromatic rings. The molecular formula is C21H23FN2O5. The van der Waals surface area contributed by atoms with Gasteiger partial charge in [0, 0.05) is 37.2 Å². The van der Waals surface area contributed by atoms with Crippen LogP contribution in [0.1, 0.15) is 12.0 Å². The van der Waals surface area contributed by atoms with Gasteiger partial charge in [-0.05, 0) is 6.07 Å². The van der Waals surface area contributed by atoms with Gasteiger partial charge in [-0.25, -0.2) is 4.39 Å². The number of ether oxygens (including phenoxy) is 3. The second-order valence-corrected chi connectivity index (χ2v) is 6.60. The molecule has 2 aromatic carbocycles. The minimum absolute atomic E-state index is 0.0692. The number of hydrogen-bond acceptors (Lipinski definition) is 5. The first-order chi connectivity index (χ1) is 14.0. The SMILES string of the molecule is COc1cc(N2CC(C(=O)NCc3ccccc3F)CC2=O)cc(OC)c1OC. The molecule has 1 N–H and O–H groups in total. The fourth-order valence-corrected chi connectivity index (χ4v) is 3.32. The van der Waals surface area contributed by atoms with Gasteiger partial charge >= 0.3 is 0 Å². The molecule has 1 aliphatic heterocycles. The number of methoxy groups -OCH3 is 3. The van der Waals surface area contributed by atoms with Crippen LogP contribution in [0.25, 0.3) is 0 Å². The standard InChI is InChI=1S/C21H23FN2O5/c1-27-17-9-15(10-18(28-2)20(17)29-3)24-12-14(8-19(24)25)21(26)23-11-13-6-4-5-7-16(13)22/h4-7,9-10,14H,8,11-12H2,1-3H3,(H,23,26). The van der Waals surface area contributed by atoms with Crippen molar-refractivity contribution in [3.63, 3.8) is 0 Å². The quantitative estimate of drug-likeness (QED) is 0.770. The molecule has 3 rings (SSSR count). The Morgan fingerprint density at radius 3 is 2.38 bits per heavy atom. The summed E-state index contributed by atoms with van der Waals surface area (Å²) in [6.07, 6.45) is 0.0692. The van der Waals surface area contributed by atoms with Gasteiger partial charge in [-0.3, -0.25) is 9.59 Å². The molecule has 1 unspecified atom stereocenters. The van der Waals surface area contributed by atoms with Crippen LogP contribution in [0.5, 0.6) is 17.2 Å². The van der Waals surface area contributed by atoms with E-state index in [9.17, 15) is 14.0 Å². The van der Waals surface area contributed by atoms with Gasteiger partial charge in [0.1, 0.15) is 5.82 Å². The third kappa shape index (κ3) is 4.26. The van der Waals surface area contributed by atoms with Gasteiger partial charge in [-0.1, -0.05) is 18.2 Å². The second-order valence-electron chi connectivity index (χ2n) is 6.60. The van der Waals surface area contributed by atoms with Gasteiger partial charge in [-0.2, -0.15) is 0 Å². The maximum Gasteiger partial charge on any atom is 0.227 e. The zero-order chi connectivity index (χ0) is 21.0. The zero-order valence-electron chi connectivity index (χ0n) is 16.5. The van der Waals surface area contributed by atoms with Crippen LogP contribution in [0, 0.1) is 11.7 Å². The lowest BCUT2D eigenvalue weighted by Crippen LogP contribution is -2.32. The topological polar surface area (TPSA) is 77.1 Å². The van der Waals surface area contributed by atoms with Gasteiger partial charge in [0.05, 0.1) is 32.9 Å². The smallest absolute Gasteiger partial charge is 0.227 e. The third-order valence-electron chi connectivity index (χ3n) is 4.87. The number of anilines is 1. The summed E-state index contributed by atoms with van der Waals surface area (Å²) in [5.41, 5.74) is 0.945. The maximum atomic E-state index is 13.7. The van der Waals surface area contributed by atoms with Crippen LogP contribution < -0.4 is 24.4 Å². The molecule has 1 fully saturated rings. The molecule has 1 aliphatic rings. The summed E-state index contributed by atoms with van der Waals surface area (Å²) in [6, 6.07) is 9.57. The minimum atomic E-state index is -0.534. The molecule has 154 valence electrons. The van der Waals surface area contributed by atoms with Crippen molar-refractivity contribution in [1.82, 2.24) is 5.32 Å². The minimum Gasteiger partial charge on any atom is -0.493 e. The summed E-state index contributed by atoms with van der Waals surface area (Å²) in [6.45, 7) is 0.279. The fourth-order valence-electron chi connectivity index (χ4n) is 3.32. The van der Waals surface area contributed by atoms with Crippen molar-refractivity contribution in [2.24, 2.45) is 5.92 Å². The van der Waals surface area contributed by atoms with Crippen LogP contribution in [0.3, 0.4) is 0 Å². The average Bonchev–Trinajstić information content (AvgIpc) is 3.13. The van der Waals surface area contributed by atoms with Gasteiger partial charge in [0.15, 0.2) is 11.5 Å². The molecule has 0 spiro atoms. The van der Waals surface area contributed by atoms with Crippen molar-refractivity contribution in [3.8, 4) is 17.2 Å². The van der Waals surface area contributed by atoms with Gasteiger partial charge in [0.25, 0.3) is 0 Å². The molecule has 0 saturated carbocycles. The molecule has 8 heteroatoms. The highest BCUT2D eigenvalue weighted by molar-refractivity contribution is 6.00. The molecule has 2 amide bonds. The molecule has 1 atom stereocenters. The lowest BCUT2D eigenvalue weighted by atomic mass is 10.1. The molecule has 0 aromatic heterocycles. The van der Waals surface area contributed by atoms with E-state index in [1.54, 1.807) is 30.3 Å². The van der Waals surface area contributed by atoms with Crippen LogP contribution in [-0.2, 0) is 16.1 Å². The number of carbonyl (C=O) groups is 2. The molecule has 1 heterocycles. The summed E-state index contributed by atoms with van der Waals surface area (Å²) in [5, 5.41) is 2.71. The predicted molar refractivity (Wildman–Crippen MR) is 105 cm³/mol. The first-order valence-corrected chi connectivity index (χ1v) is 9.10. The van der Waals surface area contributed by atoms with Crippen LogP contribution in [0.2, 0.25) is 0 Å². The Morgan fingerprint density at radius 2 is 1.79 bits per heavy atom. The Bertz CT molecular complexity index is 893. The summed E-state index contributed by atoms with van der Waals surface area (Å²) in [4.78, 5) is 26.6. The van der Waals surface area contributed by atoms with Crippen LogP contribution in [-0.4, -0.2) is 39.7 Å². The van der Waals surface area contributed by atoms with Crippen molar-refractivity contribution < 1.29 is 28.2 Å². The van der Waals surface area contributed by atoms with E-state index >= 15 is 0 Å². The summed E-state index contributed by atoms with van der Waals surface area (Å²) in [5.74, 6) is -0.140. The van der Waals surface area contributed by atoms with Crippen LogP contribution in [0.15, 0.2) is 36.4 Å². The lowest BCUT2D eigenvalue weighted by molar-refractivity contribution is -0.126. The van der Waals surface area contributed by atoms with Crippen LogP contribution >= 0.6 is 0 Å². The number of benzene rings is 2. The first kappa shape index (κ1) is 20.4. The molecular weight excluding hydrogens is 379 g/mol. The van der Waals surface area contributed by atoms with Crippen molar-refractivity contribution >= 4 is 17.5 Å². The van der Waals surface area contributed by atoms with E-state index in [0.717, 1.165) is 0 Å². The van der Waals surface area contributed by atoms with Crippen LogP contribution in [0.4, 0.5) is 10.1 Å². The van der Waals surface area contributed by atoms with E-state index in [1.807, 2.05) is 0 Å². The number of halogens is 1. The Morgan fingerprint density at radius 1 is 1.14 bits per heavy atom. The highest BCUT2D eigenvalue weighted by atomic mass is 19.1. The highest BCUT2D eigenvalue weighted by Crippen LogP contribution is 2.42. The van der Waals surface area contributed by atoms with Crippen molar-refractivity contribution in [2.75, 3.05) is 32.8 Å². The number of amides is 2. The molecule has 7 nitrogen and oxygen atoms in total. The second kappa shape index (κ2) is 8.81. The summed E-state index contributed by atoms with van der Waals surface area (Å²) < 4.78 is 29.7. The Kier molecular flexibility index (Phi) is 6.21. The number of rotatable bonds is 7. The number of nitrogens with one attached hydrogen (secondary N) is 1. The van der Waals surface area contributed by atoms with E-state index in [1.165, 1.54) is 32.3 Å². The molecule has 1 saturated heterocycles. The Balaban J connectivity index is 1.73. The fraction of sp³-hybridized carbons (Fsp3) is 0.333. The van der Waals surface area contributed by atoms with E-state index in [-0.39, 0.29) is 37.1 Å². The Labute approximate surface area is 168 Å². The van der Waals surface area contributed by atoms with E-state index in [0.29, 0.717) is 28.5 Å². The molecule has 0 aliphatic carbocycles. The zero-order valence-corrected chi connectivity index (χ0v) is 16.5. The molecule has 0 radical (unpaired) electrons. The van der Waals surface area contributed by atoms with Gasteiger partial charge in [0.2, 0.25) is 17.6 Å². The molecule has 0 bridgehead atoms. The number of nitrogens with zero attached hydrogens (tertiary/aromatic N) is 1. The summed E-state index contributed by atoms with van der Waals surface area (Å²) in [7, 11) is 4.48. The highest BCUT2D eigenvalue weighted by Gasteiger charge is 2.36. The van der Waals surface area contributed by atoms with Crippen molar-refractivity contribution in [1.29, 1.82) is 0 Å². The predicted octanol–water partition coefficient (Wildman–Crippen LogP) is 2.52. The third-order valence-corrected chi connectivity index (χ3v) is 4.87. The van der Waals surface area contributed by atoms with E-state index < -0.39 is 5.92 Å². The first-order valence-electron chi connectivity index (χ1n) is 9.10. The van der Waals surface area contributed by atoms with Gasteiger partial charge < -0.3 is 24.4 Å². The van der Waals surface area contributed by atoms with Crippen molar-refractivity contribution in [3.05, 3.63) is 47.8 Å². The average molecular weight is 402 g/mol. The van der Waals surface area contributed by atoms with Crippen molar-refractivity contribution in [2.45, 2.75) is 13.0 Å². The normalized spacial score (nSPS) is 15.9.